The molecule has 0 radical (unpaired) electrons. The zero-order chi connectivity index (χ0) is 12.1. The van der Waals surface area contributed by atoms with Crippen molar-refractivity contribution in [2.75, 3.05) is 20.7 Å². The van der Waals surface area contributed by atoms with E-state index in [0.29, 0.717) is 5.82 Å². The maximum Gasteiger partial charge on any atom is 0.176 e. The minimum atomic E-state index is 0.713. The normalized spacial score (nSPS) is 10.5. The summed E-state index contributed by atoms with van der Waals surface area (Å²) < 4.78 is 5.25. The fourth-order valence-electron chi connectivity index (χ4n) is 1.48. The number of ether oxygens (including phenoxy) is 1. The smallest absolute Gasteiger partial charge is 0.176 e. The summed E-state index contributed by atoms with van der Waals surface area (Å²) in [5.41, 5.74) is 0.790. The van der Waals surface area contributed by atoms with Crippen LogP contribution in [0, 0.1) is 0 Å². The Balaban J connectivity index is 2.24. The van der Waals surface area contributed by atoms with E-state index in [9.17, 15) is 0 Å². The summed E-state index contributed by atoms with van der Waals surface area (Å²) in [7, 11) is 3.52. The average molecular weight is 233 g/mol. The summed E-state index contributed by atoms with van der Waals surface area (Å²) in [5.74, 6) is 1.44. The second-order valence-electron chi connectivity index (χ2n) is 3.52. The van der Waals surface area contributed by atoms with E-state index in [0.717, 1.165) is 24.4 Å². The van der Waals surface area contributed by atoms with Gasteiger partial charge in [-0.1, -0.05) is 12.1 Å². The Bertz CT molecular complexity index is 482. The molecule has 1 aromatic carbocycles. The Morgan fingerprint density at radius 3 is 2.94 bits per heavy atom. The molecule has 1 N–H and O–H groups in total. The van der Waals surface area contributed by atoms with E-state index in [-0.39, 0.29) is 0 Å². The molecule has 0 unspecified atom stereocenters. The van der Waals surface area contributed by atoms with Gasteiger partial charge in [0, 0.05) is 13.0 Å². The fraction of sp³-hybridized carbons (Fsp3) is 0.364. The third-order valence-electron chi connectivity index (χ3n) is 2.35. The van der Waals surface area contributed by atoms with Crippen molar-refractivity contribution in [2.24, 2.45) is 0 Å². The molecule has 6 nitrogen and oxygen atoms in total. The maximum atomic E-state index is 5.25. The molecule has 1 aromatic heterocycles. The average Bonchev–Trinajstić information content (AvgIpc) is 2.85. The van der Waals surface area contributed by atoms with Crippen molar-refractivity contribution < 1.29 is 4.74 Å². The molecular formula is C11H15N5O. The lowest BCUT2D eigenvalue weighted by Crippen LogP contribution is -2.11. The summed E-state index contributed by atoms with van der Waals surface area (Å²) in [4.78, 5) is 1.49. The molecule has 0 saturated carbocycles. The molecule has 0 bridgehead atoms. The van der Waals surface area contributed by atoms with Gasteiger partial charge in [0.2, 0.25) is 0 Å². The second kappa shape index (κ2) is 5.40. The molecule has 0 aliphatic carbocycles. The van der Waals surface area contributed by atoms with Gasteiger partial charge in [-0.15, -0.1) is 15.0 Å². The van der Waals surface area contributed by atoms with Crippen LogP contribution in [0.25, 0.3) is 5.69 Å². The SMILES string of the molecule is CNCCc1nnn(-c2ccccc2OC)n1. The number of benzene rings is 1. The molecule has 90 valence electrons. The topological polar surface area (TPSA) is 64.9 Å². The molecule has 1 heterocycles. The molecule has 0 saturated heterocycles. The summed E-state index contributed by atoms with van der Waals surface area (Å²) >= 11 is 0. The molecule has 0 fully saturated rings. The molecule has 0 amide bonds. The van der Waals surface area contributed by atoms with Crippen LogP contribution in [0.1, 0.15) is 5.82 Å². The number of likely N-dealkylation sites (N-methyl/N-ethyl adjacent to an activating group) is 1. The van der Waals surface area contributed by atoms with Gasteiger partial charge < -0.3 is 10.1 Å². The van der Waals surface area contributed by atoms with Crippen LogP contribution in [0.5, 0.6) is 5.75 Å². The van der Waals surface area contributed by atoms with E-state index in [2.05, 4.69) is 20.7 Å². The van der Waals surface area contributed by atoms with Crippen LogP contribution in [0.2, 0.25) is 0 Å². The molecule has 17 heavy (non-hydrogen) atoms. The minimum absolute atomic E-state index is 0.713. The summed E-state index contributed by atoms with van der Waals surface area (Å²) in [6.07, 6.45) is 0.756. The van der Waals surface area contributed by atoms with Crippen LogP contribution in [-0.2, 0) is 6.42 Å². The van der Waals surface area contributed by atoms with Gasteiger partial charge in [0.15, 0.2) is 5.82 Å². The first-order valence-corrected chi connectivity index (χ1v) is 5.42. The van der Waals surface area contributed by atoms with Crippen molar-refractivity contribution in [3.05, 3.63) is 30.1 Å². The highest BCUT2D eigenvalue weighted by molar-refractivity contribution is 5.44. The van der Waals surface area contributed by atoms with E-state index in [1.54, 1.807) is 7.11 Å². The monoisotopic (exact) mass is 233 g/mol. The van der Waals surface area contributed by atoms with Gasteiger partial charge in [-0.2, -0.15) is 0 Å². The zero-order valence-electron chi connectivity index (χ0n) is 9.92. The molecule has 2 aromatic rings. The third-order valence-corrected chi connectivity index (χ3v) is 2.35. The number of aromatic nitrogens is 4. The van der Waals surface area contributed by atoms with Gasteiger partial charge in [-0.05, 0) is 24.4 Å². The first-order valence-electron chi connectivity index (χ1n) is 5.42. The molecular weight excluding hydrogens is 218 g/mol. The number of hydrogen-bond donors (Lipinski definition) is 1. The number of rotatable bonds is 5. The standard InChI is InChI=1S/C11H15N5O/c1-12-8-7-11-13-15-16(14-11)9-5-3-4-6-10(9)17-2/h3-6,12H,7-8H2,1-2H3. The molecule has 6 heteroatoms. The van der Waals surface area contributed by atoms with Crippen LogP contribution in [0.4, 0.5) is 0 Å². The fourth-order valence-corrected chi connectivity index (χ4v) is 1.48. The Kier molecular flexibility index (Phi) is 3.66. The second-order valence-corrected chi connectivity index (χ2v) is 3.52. The van der Waals surface area contributed by atoms with Crippen molar-refractivity contribution in [1.82, 2.24) is 25.5 Å². The van der Waals surface area contributed by atoms with Crippen molar-refractivity contribution in [3.63, 3.8) is 0 Å². The number of para-hydroxylation sites is 2. The Morgan fingerprint density at radius 1 is 1.35 bits per heavy atom. The van der Waals surface area contributed by atoms with E-state index >= 15 is 0 Å². The summed E-state index contributed by atoms with van der Waals surface area (Å²) in [6, 6.07) is 7.57. The molecule has 0 atom stereocenters. The van der Waals surface area contributed by atoms with E-state index in [1.807, 2.05) is 31.3 Å². The molecule has 0 aliphatic heterocycles. The minimum Gasteiger partial charge on any atom is -0.494 e. The molecule has 2 rings (SSSR count). The lowest BCUT2D eigenvalue weighted by atomic mass is 10.3. The first kappa shape index (κ1) is 11.5. The van der Waals surface area contributed by atoms with Crippen LogP contribution in [-0.4, -0.2) is 40.9 Å². The molecule has 0 aliphatic rings. The highest BCUT2D eigenvalue weighted by Crippen LogP contribution is 2.19. The number of nitrogens with zero attached hydrogens (tertiary/aromatic N) is 4. The van der Waals surface area contributed by atoms with Crippen molar-refractivity contribution >= 4 is 0 Å². The van der Waals surface area contributed by atoms with Crippen LogP contribution < -0.4 is 10.1 Å². The van der Waals surface area contributed by atoms with Crippen molar-refractivity contribution in [2.45, 2.75) is 6.42 Å². The maximum absolute atomic E-state index is 5.25. The van der Waals surface area contributed by atoms with Gasteiger partial charge >= 0.3 is 0 Å². The van der Waals surface area contributed by atoms with Crippen molar-refractivity contribution in [1.29, 1.82) is 0 Å². The lowest BCUT2D eigenvalue weighted by molar-refractivity contribution is 0.409. The van der Waals surface area contributed by atoms with E-state index < -0.39 is 0 Å². The van der Waals surface area contributed by atoms with Gasteiger partial charge in [0.05, 0.1) is 7.11 Å². The number of hydrogen-bond acceptors (Lipinski definition) is 5. The largest absolute Gasteiger partial charge is 0.494 e. The van der Waals surface area contributed by atoms with E-state index in [4.69, 9.17) is 4.74 Å². The number of tetrazole rings is 1. The number of methoxy groups -OCH3 is 1. The first-order chi connectivity index (χ1) is 8.35. The van der Waals surface area contributed by atoms with E-state index in [1.165, 1.54) is 4.80 Å². The third kappa shape index (κ3) is 2.59. The number of nitrogens with one attached hydrogen (secondary N) is 1. The highest BCUT2D eigenvalue weighted by Gasteiger charge is 2.08. The van der Waals surface area contributed by atoms with Gasteiger partial charge in [-0.3, -0.25) is 0 Å². The van der Waals surface area contributed by atoms with Gasteiger partial charge in [-0.25, -0.2) is 0 Å². The molecule has 0 spiro atoms. The predicted octanol–water partition coefficient (Wildman–Crippen LogP) is 0.433. The quantitative estimate of drug-likeness (QED) is 0.811. The Morgan fingerprint density at radius 2 is 2.18 bits per heavy atom. The summed E-state index contributed by atoms with van der Waals surface area (Å²) in [5, 5.41) is 15.4. The highest BCUT2D eigenvalue weighted by atomic mass is 16.5. The zero-order valence-corrected chi connectivity index (χ0v) is 9.92. The van der Waals surface area contributed by atoms with Crippen molar-refractivity contribution in [3.8, 4) is 11.4 Å². The van der Waals surface area contributed by atoms with Gasteiger partial charge in [0.1, 0.15) is 11.4 Å². The van der Waals surface area contributed by atoms with Crippen LogP contribution in [0.15, 0.2) is 24.3 Å². The van der Waals surface area contributed by atoms with Gasteiger partial charge in [0.25, 0.3) is 0 Å². The van der Waals surface area contributed by atoms with Crippen LogP contribution >= 0.6 is 0 Å². The lowest BCUT2D eigenvalue weighted by Gasteiger charge is -2.04. The summed E-state index contributed by atoms with van der Waals surface area (Å²) in [6.45, 7) is 0.831. The Labute approximate surface area is 99.6 Å². The van der Waals surface area contributed by atoms with Crippen LogP contribution in [0.3, 0.4) is 0 Å². The Hall–Kier alpha value is -1.95. The predicted molar refractivity (Wildman–Crippen MR) is 63.3 cm³/mol.